The van der Waals surface area contributed by atoms with Crippen LogP contribution in [-0.2, 0) is 6.61 Å². The monoisotopic (exact) mass is 195 g/mol. The van der Waals surface area contributed by atoms with E-state index in [1.807, 2.05) is 23.9 Å². The summed E-state index contributed by atoms with van der Waals surface area (Å²) in [5.41, 5.74) is 0.958. The van der Waals surface area contributed by atoms with Crippen LogP contribution < -0.4 is 0 Å². The van der Waals surface area contributed by atoms with Gasteiger partial charge in [-0.05, 0) is 18.9 Å². The Labute approximate surface area is 82.4 Å². The highest BCUT2D eigenvalue weighted by Gasteiger charge is 2.20. The second kappa shape index (κ2) is 4.11. The molecule has 2 rings (SSSR count). The van der Waals surface area contributed by atoms with Crippen LogP contribution in [0.3, 0.4) is 0 Å². The lowest BCUT2D eigenvalue weighted by Gasteiger charge is -2.24. The van der Waals surface area contributed by atoms with Crippen molar-refractivity contribution < 1.29 is 5.11 Å². The van der Waals surface area contributed by atoms with Crippen molar-refractivity contribution in [1.29, 1.82) is 0 Å². The van der Waals surface area contributed by atoms with Crippen molar-refractivity contribution in [2.24, 2.45) is 0 Å². The third-order valence-corrected chi connectivity index (χ3v) is 3.75. The Morgan fingerprint density at radius 1 is 1.54 bits per heavy atom. The number of hydrogen-bond donors (Lipinski definition) is 1. The highest BCUT2D eigenvalue weighted by Crippen LogP contribution is 2.36. The molecule has 1 aromatic heterocycles. The van der Waals surface area contributed by atoms with E-state index in [1.165, 1.54) is 19.3 Å². The van der Waals surface area contributed by atoms with Crippen molar-refractivity contribution >= 4 is 11.8 Å². The van der Waals surface area contributed by atoms with E-state index in [2.05, 4.69) is 4.98 Å². The van der Waals surface area contributed by atoms with Crippen molar-refractivity contribution in [1.82, 2.24) is 4.98 Å². The lowest BCUT2D eigenvalue weighted by Crippen LogP contribution is -2.13. The molecular weight excluding hydrogens is 182 g/mol. The van der Waals surface area contributed by atoms with Gasteiger partial charge in [0.1, 0.15) is 5.03 Å². The Morgan fingerprint density at radius 3 is 3.00 bits per heavy atom. The number of aliphatic hydroxyl groups excluding tert-OH is 1. The molecular formula is C10H13NOS. The molecule has 1 aromatic rings. The Morgan fingerprint density at radius 2 is 2.38 bits per heavy atom. The number of thioether (sulfide) groups is 1. The van der Waals surface area contributed by atoms with Crippen molar-refractivity contribution in [3.63, 3.8) is 0 Å². The third-order valence-electron chi connectivity index (χ3n) is 2.35. The maximum absolute atomic E-state index is 9.07. The maximum atomic E-state index is 9.07. The van der Waals surface area contributed by atoms with Crippen LogP contribution in [0, 0.1) is 0 Å². The molecule has 0 amide bonds. The number of aromatic nitrogens is 1. The number of pyridine rings is 1. The molecule has 1 N–H and O–H groups in total. The minimum atomic E-state index is 0.100. The zero-order chi connectivity index (χ0) is 9.10. The molecule has 13 heavy (non-hydrogen) atoms. The predicted octanol–water partition coefficient (Wildman–Crippen LogP) is 2.22. The highest BCUT2D eigenvalue weighted by molar-refractivity contribution is 8.00. The standard InChI is InChI=1S/C10H13NOS/c12-7-8-3-2-6-11-10(8)13-9-4-1-5-9/h2-3,6,9,12H,1,4-5,7H2. The Balaban J connectivity index is 2.08. The van der Waals surface area contributed by atoms with Gasteiger partial charge in [0.25, 0.3) is 0 Å². The summed E-state index contributed by atoms with van der Waals surface area (Å²) in [6.45, 7) is 0.100. The lowest BCUT2D eigenvalue weighted by molar-refractivity contribution is 0.278. The van der Waals surface area contributed by atoms with Gasteiger partial charge in [-0.15, -0.1) is 11.8 Å². The zero-order valence-electron chi connectivity index (χ0n) is 7.44. The molecule has 0 aromatic carbocycles. The molecule has 0 saturated heterocycles. The molecule has 70 valence electrons. The quantitative estimate of drug-likeness (QED) is 0.802. The third kappa shape index (κ3) is 2.03. The van der Waals surface area contributed by atoms with E-state index in [4.69, 9.17) is 5.11 Å². The Hall–Kier alpha value is -0.540. The topological polar surface area (TPSA) is 33.1 Å². The van der Waals surface area contributed by atoms with Crippen LogP contribution in [0.5, 0.6) is 0 Å². The first-order valence-corrected chi connectivity index (χ1v) is 5.49. The van der Waals surface area contributed by atoms with Gasteiger partial charge in [0.05, 0.1) is 6.61 Å². The predicted molar refractivity (Wildman–Crippen MR) is 53.7 cm³/mol. The Kier molecular flexibility index (Phi) is 2.86. The molecule has 1 heterocycles. The van der Waals surface area contributed by atoms with E-state index in [0.29, 0.717) is 0 Å². The van der Waals surface area contributed by atoms with Crippen LogP contribution in [-0.4, -0.2) is 15.3 Å². The van der Waals surface area contributed by atoms with E-state index >= 15 is 0 Å². The second-order valence-corrected chi connectivity index (χ2v) is 4.59. The number of aliphatic hydroxyl groups is 1. The van der Waals surface area contributed by atoms with Crippen LogP contribution >= 0.6 is 11.8 Å². The highest BCUT2D eigenvalue weighted by atomic mass is 32.2. The van der Waals surface area contributed by atoms with Crippen LogP contribution in [0.2, 0.25) is 0 Å². The fourth-order valence-electron chi connectivity index (χ4n) is 1.30. The molecule has 0 aliphatic heterocycles. The smallest absolute Gasteiger partial charge is 0.102 e. The first-order valence-electron chi connectivity index (χ1n) is 4.61. The SMILES string of the molecule is OCc1cccnc1SC1CCC1. The molecule has 0 atom stereocenters. The summed E-state index contributed by atoms with van der Waals surface area (Å²) in [5, 5.41) is 10.8. The van der Waals surface area contributed by atoms with Gasteiger partial charge in [0.2, 0.25) is 0 Å². The van der Waals surface area contributed by atoms with Crippen LogP contribution in [0.4, 0.5) is 0 Å². The first kappa shape index (κ1) is 9.03. The number of rotatable bonds is 3. The maximum Gasteiger partial charge on any atom is 0.102 e. The van der Waals surface area contributed by atoms with Crippen LogP contribution in [0.1, 0.15) is 24.8 Å². The van der Waals surface area contributed by atoms with Crippen LogP contribution in [0.15, 0.2) is 23.4 Å². The minimum Gasteiger partial charge on any atom is -0.392 e. The van der Waals surface area contributed by atoms with Gasteiger partial charge < -0.3 is 5.11 Å². The molecule has 1 aliphatic carbocycles. The summed E-state index contributed by atoms with van der Waals surface area (Å²) in [7, 11) is 0. The molecule has 1 fully saturated rings. The summed E-state index contributed by atoms with van der Waals surface area (Å²) in [6.07, 6.45) is 5.73. The molecule has 1 aliphatic rings. The average Bonchev–Trinajstić information content (AvgIpc) is 2.12. The van der Waals surface area contributed by atoms with E-state index < -0.39 is 0 Å². The van der Waals surface area contributed by atoms with Crippen LogP contribution in [0.25, 0.3) is 0 Å². The normalized spacial score (nSPS) is 17.0. The summed E-state index contributed by atoms with van der Waals surface area (Å²) < 4.78 is 0. The summed E-state index contributed by atoms with van der Waals surface area (Å²) in [6, 6.07) is 3.81. The van der Waals surface area contributed by atoms with Gasteiger partial charge in [0.15, 0.2) is 0 Å². The van der Waals surface area contributed by atoms with Gasteiger partial charge in [-0.25, -0.2) is 4.98 Å². The average molecular weight is 195 g/mol. The molecule has 0 bridgehead atoms. The molecule has 1 saturated carbocycles. The van der Waals surface area contributed by atoms with Crippen molar-refractivity contribution in [3.05, 3.63) is 23.9 Å². The largest absolute Gasteiger partial charge is 0.392 e. The van der Waals surface area contributed by atoms with Crippen molar-refractivity contribution in [2.45, 2.75) is 36.1 Å². The van der Waals surface area contributed by atoms with Gasteiger partial charge in [-0.1, -0.05) is 12.5 Å². The molecule has 2 nitrogen and oxygen atoms in total. The summed E-state index contributed by atoms with van der Waals surface area (Å²) in [4.78, 5) is 4.27. The lowest BCUT2D eigenvalue weighted by atomic mass is 10.0. The fourth-order valence-corrected chi connectivity index (χ4v) is 2.59. The minimum absolute atomic E-state index is 0.100. The van der Waals surface area contributed by atoms with Gasteiger partial charge >= 0.3 is 0 Å². The van der Waals surface area contributed by atoms with Crippen molar-refractivity contribution in [3.8, 4) is 0 Å². The number of hydrogen-bond acceptors (Lipinski definition) is 3. The molecule has 0 radical (unpaired) electrons. The first-order chi connectivity index (χ1) is 6.40. The van der Waals surface area contributed by atoms with Crippen molar-refractivity contribution in [2.75, 3.05) is 0 Å². The zero-order valence-corrected chi connectivity index (χ0v) is 8.26. The van der Waals surface area contributed by atoms with E-state index in [-0.39, 0.29) is 6.61 Å². The van der Waals surface area contributed by atoms with E-state index in [0.717, 1.165) is 15.8 Å². The van der Waals surface area contributed by atoms with E-state index in [9.17, 15) is 0 Å². The second-order valence-electron chi connectivity index (χ2n) is 3.30. The fraction of sp³-hybridized carbons (Fsp3) is 0.500. The molecule has 3 heteroatoms. The molecule has 0 spiro atoms. The van der Waals surface area contributed by atoms with Gasteiger partial charge in [-0.2, -0.15) is 0 Å². The summed E-state index contributed by atoms with van der Waals surface area (Å²) >= 11 is 1.81. The van der Waals surface area contributed by atoms with E-state index in [1.54, 1.807) is 6.20 Å². The Bertz CT molecular complexity index is 286. The molecule has 0 unspecified atom stereocenters. The summed E-state index contributed by atoms with van der Waals surface area (Å²) in [5.74, 6) is 0. The van der Waals surface area contributed by atoms with Gasteiger partial charge in [0, 0.05) is 17.0 Å². The number of nitrogens with zero attached hydrogens (tertiary/aromatic N) is 1. The van der Waals surface area contributed by atoms with Gasteiger partial charge in [-0.3, -0.25) is 0 Å².